The Morgan fingerprint density at radius 2 is 1.93 bits per heavy atom. The molecule has 0 saturated heterocycles. The molecular formula is C22H23N5O3. The lowest BCUT2D eigenvalue weighted by Crippen LogP contribution is -2.43. The van der Waals surface area contributed by atoms with Gasteiger partial charge in [0.05, 0.1) is 29.4 Å². The lowest BCUT2D eigenvalue weighted by atomic mass is 10.1. The highest BCUT2D eigenvalue weighted by Crippen LogP contribution is 2.26. The van der Waals surface area contributed by atoms with E-state index in [9.17, 15) is 9.59 Å². The van der Waals surface area contributed by atoms with Crippen molar-refractivity contribution in [2.24, 2.45) is 5.10 Å². The summed E-state index contributed by atoms with van der Waals surface area (Å²) in [5.41, 5.74) is 2.71. The van der Waals surface area contributed by atoms with Gasteiger partial charge in [-0.05, 0) is 38.1 Å². The molecule has 0 radical (unpaired) electrons. The molecule has 2 unspecified atom stereocenters. The fourth-order valence-electron chi connectivity index (χ4n) is 3.43. The van der Waals surface area contributed by atoms with Crippen LogP contribution in [0.3, 0.4) is 0 Å². The number of amides is 1. The number of ether oxygens (including phenoxy) is 1. The zero-order valence-corrected chi connectivity index (χ0v) is 16.8. The van der Waals surface area contributed by atoms with Crippen LogP contribution in [0, 0.1) is 0 Å². The van der Waals surface area contributed by atoms with Crippen molar-refractivity contribution in [2.45, 2.75) is 32.4 Å². The lowest BCUT2D eigenvalue weighted by molar-refractivity contribution is -0.135. The van der Waals surface area contributed by atoms with Gasteiger partial charge in [0.25, 0.3) is 0 Å². The van der Waals surface area contributed by atoms with E-state index in [1.165, 1.54) is 0 Å². The smallest absolute Gasteiger partial charge is 0.354 e. The van der Waals surface area contributed by atoms with E-state index in [0.29, 0.717) is 5.82 Å². The number of carbonyl (C=O) groups excluding carboxylic acids is 2. The Hall–Kier alpha value is -3.68. The van der Waals surface area contributed by atoms with Crippen molar-refractivity contribution >= 4 is 34.3 Å². The molecule has 154 valence electrons. The molecule has 2 N–H and O–H groups in total. The molecule has 4 rings (SSSR count). The Kier molecular flexibility index (Phi) is 5.47. The second-order valence-corrected chi connectivity index (χ2v) is 7.04. The minimum absolute atomic E-state index is 0.173. The number of aromatic nitrogens is 2. The SMILES string of the molecule is CCOC(=O)C1=NN(c2ccccc2)C(C(=O)NC(C)c2nc3ccccc3[nH]2)C1. The molecule has 1 aliphatic heterocycles. The van der Waals surface area contributed by atoms with E-state index >= 15 is 0 Å². The molecule has 30 heavy (non-hydrogen) atoms. The summed E-state index contributed by atoms with van der Waals surface area (Å²) in [7, 11) is 0. The molecular weight excluding hydrogens is 382 g/mol. The van der Waals surface area contributed by atoms with Crippen molar-refractivity contribution in [3.8, 4) is 0 Å². The Labute approximate surface area is 173 Å². The van der Waals surface area contributed by atoms with Gasteiger partial charge < -0.3 is 15.0 Å². The first-order valence-corrected chi connectivity index (χ1v) is 9.90. The highest BCUT2D eigenvalue weighted by Gasteiger charge is 2.37. The Morgan fingerprint density at radius 3 is 2.67 bits per heavy atom. The highest BCUT2D eigenvalue weighted by molar-refractivity contribution is 6.38. The van der Waals surface area contributed by atoms with Gasteiger partial charge in [-0.2, -0.15) is 5.10 Å². The van der Waals surface area contributed by atoms with Crippen molar-refractivity contribution in [3.63, 3.8) is 0 Å². The van der Waals surface area contributed by atoms with Crippen LogP contribution in [0.15, 0.2) is 59.7 Å². The third-order valence-corrected chi connectivity index (χ3v) is 4.92. The number of hydrazone groups is 1. The molecule has 2 aromatic carbocycles. The van der Waals surface area contributed by atoms with Gasteiger partial charge >= 0.3 is 5.97 Å². The average Bonchev–Trinajstić information content (AvgIpc) is 3.39. The van der Waals surface area contributed by atoms with Gasteiger partial charge in [-0.1, -0.05) is 30.3 Å². The maximum absolute atomic E-state index is 13.1. The number of rotatable bonds is 6. The number of anilines is 1. The lowest BCUT2D eigenvalue weighted by Gasteiger charge is -2.24. The van der Waals surface area contributed by atoms with Crippen LogP contribution in [0.2, 0.25) is 0 Å². The first kappa shape index (κ1) is 19.6. The molecule has 2 atom stereocenters. The average molecular weight is 405 g/mol. The molecule has 1 aliphatic rings. The van der Waals surface area contributed by atoms with Crippen LogP contribution in [0.5, 0.6) is 0 Å². The summed E-state index contributed by atoms with van der Waals surface area (Å²) in [5.74, 6) is -0.0748. The van der Waals surface area contributed by atoms with E-state index in [4.69, 9.17) is 4.74 Å². The quantitative estimate of drug-likeness (QED) is 0.614. The number of H-pyrrole nitrogens is 1. The minimum Gasteiger partial charge on any atom is -0.461 e. The van der Waals surface area contributed by atoms with E-state index in [0.717, 1.165) is 16.7 Å². The molecule has 0 fully saturated rings. The molecule has 0 aliphatic carbocycles. The summed E-state index contributed by atoms with van der Waals surface area (Å²) in [6.07, 6.45) is 0.173. The van der Waals surface area contributed by atoms with Gasteiger partial charge in [0.15, 0.2) is 0 Å². The number of esters is 1. The van der Waals surface area contributed by atoms with E-state index in [-0.39, 0.29) is 30.7 Å². The van der Waals surface area contributed by atoms with Crippen LogP contribution in [0.25, 0.3) is 11.0 Å². The number of hydrogen-bond acceptors (Lipinski definition) is 6. The number of nitrogens with one attached hydrogen (secondary N) is 2. The summed E-state index contributed by atoms with van der Waals surface area (Å²) < 4.78 is 5.08. The topological polar surface area (TPSA) is 99.7 Å². The first-order valence-electron chi connectivity index (χ1n) is 9.90. The molecule has 1 aromatic heterocycles. The van der Waals surface area contributed by atoms with Gasteiger partial charge in [0.2, 0.25) is 5.91 Å². The first-order chi connectivity index (χ1) is 14.6. The molecule has 1 amide bonds. The van der Waals surface area contributed by atoms with Gasteiger partial charge in [-0.25, -0.2) is 9.78 Å². The van der Waals surface area contributed by atoms with Crippen LogP contribution < -0.4 is 10.3 Å². The number of hydrogen-bond donors (Lipinski definition) is 2. The summed E-state index contributed by atoms with van der Waals surface area (Å²) in [6.45, 7) is 3.86. The second kappa shape index (κ2) is 8.36. The monoisotopic (exact) mass is 405 g/mol. The molecule has 0 saturated carbocycles. The summed E-state index contributed by atoms with van der Waals surface area (Å²) in [6, 6.07) is 16.0. The zero-order chi connectivity index (χ0) is 21.1. The van der Waals surface area contributed by atoms with Crippen LogP contribution in [0.4, 0.5) is 5.69 Å². The Morgan fingerprint density at radius 1 is 1.20 bits per heavy atom. The zero-order valence-electron chi connectivity index (χ0n) is 16.8. The fraction of sp³-hybridized carbons (Fsp3) is 0.273. The number of aromatic amines is 1. The van der Waals surface area contributed by atoms with Gasteiger partial charge in [-0.15, -0.1) is 0 Å². The van der Waals surface area contributed by atoms with E-state index in [1.807, 2.05) is 61.5 Å². The number of para-hydroxylation sites is 3. The number of nitrogens with zero attached hydrogens (tertiary/aromatic N) is 3. The third kappa shape index (κ3) is 3.89. The largest absolute Gasteiger partial charge is 0.461 e. The maximum atomic E-state index is 13.1. The van der Waals surface area contributed by atoms with Crippen LogP contribution in [-0.2, 0) is 14.3 Å². The third-order valence-electron chi connectivity index (χ3n) is 4.92. The molecule has 0 bridgehead atoms. The number of fused-ring (bicyclic) bond motifs is 1. The van der Waals surface area contributed by atoms with Crippen molar-refractivity contribution < 1.29 is 14.3 Å². The maximum Gasteiger partial charge on any atom is 0.354 e. The van der Waals surface area contributed by atoms with Crippen LogP contribution in [-0.4, -0.2) is 40.2 Å². The van der Waals surface area contributed by atoms with Crippen molar-refractivity contribution in [1.29, 1.82) is 0 Å². The predicted octanol–water partition coefficient (Wildman–Crippen LogP) is 2.94. The molecule has 0 spiro atoms. The number of carbonyl (C=O) groups is 2. The molecule has 3 aromatic rings. The van der Waals surface area contributed by atoms with Crippen molar-refractivity contribution in [2.75, 3.05) is 11.6 Å². The van der Waals surface area contributed by atoms with E-state index < -0.39 is 12.0 Å². The highest BCUT2D eigenvalue weighted by atomic mass is 16.5. The van der Waals surface area contributed by atoms with Gasteiger partial charge in [-0.3, -0.25) is 9.80 Å². The predicted molar refractivity (Wildman–Crippen MR) is 114 cm³/mol. The Bertz CT molecular complexity index is 1060. The Balaban J connectivity index is 1.54. The molecule has 8 nitrogen and oxygen atoms in total. The van der Waals surface area contributed by atoms with Gasteiger partial charge in [0.1, 0.15) is 17.6 Å². The van der Waals surface area contributed by atoms with E-state index in [1.54, 1.807) is 11.9 Å². The van der Waals surface area contributed by atoms with Crippen molar-refractivity contribution in [1.82, 2.24) is 15.3 Å². The summed E-state index contributed by atoms with van der Waals surface area (Å²) in [4.78, 5) is 33.1. The van der Waals surface area contributed by atoms with E-state index in [2.05, 4.69) is 20.4 Å². The van der Waals surface area contributed by atoms with Crippen LogP contribution >= 0.6 is 0 Å². The molecule has 8 heteroatoms. The summed E-state index contributed by atoms with van der Waals surface area (Å²) in [5, 5.41) is 8.95. The molecule has 2 heterocycles. The summed E-state index contributed by atoms with van der Waals surface area (Å²) >= 11 is 0. The van der Waals surface area contributed by atoms with Crippen molar-refractivity contribution in [3.05, 3.63) is 60.4 Å². The normalized spacial score (nSPS) is 16.9. The fourth-order valence-corrected chi connectivity index (χ4v) is 3.43. The number of imidazole rings is 1. The van der Waals surface area contributed by atoms with Crippen LogP contribution in [0.1, 0.15) is 32.1 Å². The van der Waals surface area contributed by atoms with Gasteiger partial charge in [0, 0.05) is 6.42 Å². The number of benzene rings is 2. The minimum atomic E-state index is -0.654. The second-order valence-electron chi connectivity index (χ2n) is 7.04. The standard InChI is InChI=1S/C22H23N5O3/c1-3-30-22(29)18-13-19(27(26-18)15-9-5-4-6-10-15)21(28)23-14(2)20-24-16-11-7-8-12-17(16)25-20/h4-12,14,19H,3,13H2,1-2H3,(H,23,28)(H,24,25).